The molecule has 4 rings (SSSR count). The molecule has 1 atom stereocenters. The third kappa shape index (κ3) is 3.56. The Morgan fingerprint density at radius 3 is 2.74 bits per heavy atom. The normalized spacial score (nSPS) is 16.5. The average Bonchev–Trinajstić information content (AvgIpc) is 3.34. The molecule has 6 heteroatoms. The van der Waals surface area contributed by atoms with Gasteiger partial charge in [0, 0.05) is 17.8 Å². The molecule has 0 radical (unpaired) electrons. The second kappa shape index (κ2) is 7.23. The number of aromatic nitrogens is 2. The van der Waals surface area contributed by atoms with Crippen molar-refractivity contribution in [2.24, 2.45) is 0 Å². The summed E-state index contributed by atoms with van der Waals surface area (Å²) in [4.78, 5) is 19.1. The first-order valence-electron chi connectivity index (χ1n) is 9.16. The first-order chi connectivity index (χ1) is 13.1. The molecule has 6 nitrogen and oxygen atoms in total. The molecule has 1 aromatic heterocycles. The van der Waals surface area contributed by atoms with Crippen molar-refractivity contribution in [3.63, 3.8) is 0 Å². The fourth-order valence-electron chi connectivity index (χ4n) is 3.36. The maximum absolute atomic E-state index is 12.8. The lowest BCUT2D eigenvalue weighted by Crippen LogP contribution is -2.34. The number of anilines is 1. The van der Waals surface area contributed by atoms with E-state index >= 15 is 0 Å². The topological polar surface area (TPSA) is 71.3 Å². The van der Waals surface area contributed by atoms with Crippen LogP contribution in [-0.2, 0) is 0 Å². The van der Waals surface area contributed by atoms with Crippen molar-refractivity contribution in [1.29, 1.82) is 0 Å². The highest BCUT2D eigenvalue weighted by molar-refractivity contribution is 5.89. The minimum atomic E-state index is -0.193. The van der Waals surface area contributed by atoms with Crippen LogP contribution in [0.2, 0.25) is 0 Å². The molecule has 3 aromatic rings. The third-order valence-electron chi connectivity index (χ3n) is 5.03. The Morgan fingerprint density at radius 1 is 1.15 bits per heavy atom. The fourth-order valence-corrected chi connectivity index (χ4v) is 3.36. The van der Waals surface area contributed by atoms with Gasteiger partial charge in [0.25, 0.3) is 0 Å². The zero-order valence-electron chi connectivity index (χ0n) is 15.5. The lowest BCUT2D eigenvalue weighted by molar-refractivity contribution is 0.193. The summed E-state index contributed by atoms with van der Waals surface area (Å²) in [5, 5.41) is 7.07. The van der Waals surface area contributed by atoms with Gasteiger partial charge in [-0.1, -0.05) is 41.6 Å². The van der Waals surface area contributed by atoms with Gasteiger partial charge in [0.05, 0.1) is 0 Å². The zero-order chi connectivity index (χ0) is 18.8. The summed E-state index contributed by atoms with van der Waals surface area (Å²) in [5.74, 6) is 1.04. The largest absolute Gasteiger partial charge is 0.337 e. The van der Waals surface area contributed by atoms with E-state index in [0.29, 0.717) is 18.3 Å². The molecule has 27 heavy (non-hydrogen) atoms. The van der Waals surface area contributed by atoms with E-state index in [-0.39, 0.29) is 12.1 Å². The number of hydrogen-bond donors (Lipinski definition) is 1. The monoisotopic (exact) mass is 362 g/mol. The summed E-state index contributed by atoms with van der Waals surface area (Å²) in [6, 6.07) is 15.3. The molecule has 1 fully saturated rings. The molecule has 0 bridgehead atoms. The molecule has 0 spiro atoms. The Bertz CT molecular complexity index is 952. The molecular weight excluding hydrogens is 340 g/mol. The molecule has 2 heterocycles. The van der Waals surface area contributed by atoms with E-state index in [9.17, 15) is 4.79 Å². The Hall–Kier alpha value is -3.15. The number of hydrogen-bond acceptors (Lipinski definition) is 4. The second-order valence-corrected chi connectivity index (χ2v) is 6.90. The van der Waals surface area contributed by atoms with Gasteiger partial charge < -0.3 is 14.7 Å². The lowest BCUT2D eigenvalue weighted by atomic mass is 10.1. The summed E-state index contributed by atoms with van der Waals surface area (Å²) in [6.45, 7) is 4.76. The van der Waals surface area contributed by atoms with Gasteiger partial charge in [-0.15, -0.1) is 0 Å². The first kappa shape index (κ1) is 17.3. The Labute approximate surface area is 158 Å². The van der Waals surface area contributed by atoms with Crippen molar-refractivity contribution in [2.75, 3.05) is 11.9 Å². The van der Waals surface area contributed by atoms with Crippen LogP contribution in [-0.4, -0.2) is 27.6 Å². The van der Waals surface area contributed by atoms with E-state index in [4.69, 9.17) is 4.52 Å². The van der Waals surface area contributed by atoms with Gasteiger partial charge >= 0.3 is 6.03 Å². The van der Waals surface area contributed by atoms with Crippen LogP contribution in [0.25, 0.3) is 11.4 Å². The SMILES string of the molecule is Cc1ccc(NC(=O)N2CCCC2c2nc(-c3ccccc3)no2)cc1C. The van der Waals surface area contributed by atoms with Crippen LogP contribution in [0.4, 0.5) is 10.5 Å². The lowest BCUT2D eigenvalue weighted by Gasteiger charge is -2.22. The highest BCUT2D eigenvalue weighted by Gasteiger charge is 2.34. The summed E-state index contributed by atoms with van der Waals surface area (Å²) in [5.41, 5.74) is 4.04. The molecule has 2 amide bonds. The molecule has 1 N–H and O–H groups in total. The maximum atomic E-state index is 12.8. The van der Waals surface area contributed by atoms with Crippen molar-refractivity contribution in [3.05, 3.63) is 65.5 Å². The van der Waals surface area contributed by atoms with Gasteiger partial charge in [0.1, 0.15) is 6.04 Å². The van der Waals surface area contributed by atoms with Crippen LogP contribution in [0.5, 0.6) is 0 Å². The van der Waals surface area contributed by atoms with Crippen LogP contribution in [0.3, 0.4) is 0 Å². The number of likely N-dealkylation sites (tertiary alicyclic amines) is 1. The smallest absolute Gasteiger partial charge is 0.322 e. The highest BCUT2D eigenvalue weighted by Crippen LogP contribution is 2.32. The molecule has 138 valence electrons. The summed E-state index contributed by atoms with van der Waals surface area (Å²) in [6.07, 6.45) is 1.73. The number of benzene rings is 2. The van der Waals surface area contributed by atoms with Gasteiger partial charge in [-0.05, 0) is 49.9 Å². The first-order valence-corrected chi connectivity index (χ1v) is 9.16. The minimum absolute atomic E-state index is 0.139. The number of aryl methyl sites for hydroxylation is 2. The summed E-state index contributed by atoms with van der Waals surface area (Å²) >= 11 is 0. The van der Waals surface area contributed by atoms with E-state index < -0.39 is 0 Å². The second-order valence-electron chi connectivity index (χ2n) is 6.90. The molecule has 2 aromatic carbocycles. The molecule has 0 saturated carbocycles. The molecule has 1 aliphatic rings. The number of rotatable bonds is 3. The maximum Gasteiger partial charge on any atom is 0.322 e. The van der Waals surface area contributed by atoms with Crippen LogP contribution < -0.4 is 5.32 Å². The van der Waals surface area contributed by atoms with Crippen molar-refractivity contribution < 1.29 is 9.32 Å². The van der Waals surface area contributed by atoms with E-state index in [1.165, 1.54) is 5.56 Å². The zero-order valence-corrected chi connectivity index (χ0v) is 15.5. The molecule has 1 aliphatic heterocycles. The summed E-state index contributed by atoms with van der Waals surface area (Å²) in [7, 11) is 0. The number of nitrogens with one attached hydrogen (secondary N) is 1. The van der Waals surface area contributed by atoms with Gasteiger partial charge in [0.15, 0.2) is 0 Å². The number of carbonyl (C=O) groups excluding carboxylic acids is 1. The minimum Gasteiger partial charge on any atom is -0.337 e. The van der Waals surface area contributed by atoms with E-state index in [1.54, 1.807) is 4.90 Å². The Balaban J connectivity index is 1.51. The van der Waals surface area contributed by atoms with Gasteiger partial charge in [-0.25, -0.2) is 4.79 Å². The van der Waals surface area contributed by atoms with Crippen molar-refractivity contribution >= 4 is 11.7 Å². The Morgan fingerprint density at radius 2 is 1.96 bits per heavy atom. The predicted octanol–water partition coefficient (Wildman–Crippen LogP) is 4.72. The number of urea groups is 1. The van der Waals surface area contributed by atoms with E-state index in [0.717, 1.165) is 29.7 Å². The van der Waals surface area contributed by atoms with Crippen molar-refractivity contribution in [3.8, 4) is 11.4 Å². The van der Waals surface area contributed by atoms with E-state index in [1.807, 2.05) is 55.5 Å². The third-order valence-corrected chi connectivity index (χ3v) is 5.03. The highest BCUT2D eigenvalue weighted by atomic mass is 16.5. The van der Waals surface area contributed by atoms with Crippen molar-refractivity contribution in [1.82, 2.24) is 15.0 Å². The number of amides is 2. The van der Waals surface area contributed by atoms with Gasteiger partial charge in [-0.3, -0.25) is 0 Å². The quantitative estimate of drug-likeness (QED) is 0.732. The standard InChI is InChI=1S/C21H22N4O2/c1-14-10-11-17(13-15(14)2)22-21(26)25-12-6-9-18(25)20-23-19(24-27-20)16-7-4-3-5-8-16/h3-5,7-8,10-11,13,18H,6,9,12H2,1-2H3,(H,22,26). The average molecular weight is 362 g/mol. The number of carbonyl (C=O) groups is 1. The molecule has 1 saturated heterocycles. The molecule has 1 unspecified atom stereocenters. The number of nitrogens with zero attached hydrogens (tertiary/aromatic N) is 3. The fraction of sp³-hybridized carbons (Fsp3) is 0.286. The Kier molecular flexibility index (Phi) is 4.62. The van der Waals surface area contributed by atoms with Gasteiger partial charge in [-0.2, -0.15) is 4.98 Å². The van der Waals surface area contributed by atoms with Gasteiger partial charge in [0.2, 0.25) is 11.7 Å². The summed E-state index contributed by atoms with van der Waals surface area (Å²) < 4.78 is 5.49. The van der Waals surface area contributed by atoms with Crippen molar-refractivity contribution in [2.45, 2.75) is 32.7 Å². The molecular formula is C21H22N4O2. The van der Waals surface area contributed by atoms with Crippen LogP contribution >= 0.6 is 0 Å². The van der Waals surface area contributed by atoms with Crippen LogP contribution in [0.15, 0.2) is 53.1 Å². The molecule has 0 aliphatic carbocycles. The van der Waals surface area contributed by atoms with Crippen LogP contribution in [0, 0.1) is 13.8 Å². The predicted molar refractivity (Wildman–Crippen MR) is 103 cm³/mol. The van der Waals surface area contributed by atoms with E-state index in [2.05, 4.69) is 22.4 Å². The van der Waals surface area contributed by atoms with Crippen LogP contribution in [0.1, 0.15) is 35.9 Å².